The highest BCUT2D eigenvalue weighted by molar-refractivity contribution is 7.89. The molecular formula is C16H22N2O5S. The number of carboxylic acid groups (broad SMARTS) is 1. The number of carbonyl (C=O) groups excluding carboxylic acids is 1. The van der Waals surface area contributed by atoms with E-state index in [9.17, 15) is 18.0 Å². The molecule has 3 N–H and O–H groups in total. The minimum Gasteiger partial charge on any atom is -0.481 e. The predicted molar refractivity (Wildman–Crippen MR) is 88.2 cm³/mol. The van der Waals surface area contributed by atoms with Crippen LogP contribution in [-0.4, -0.2) is 38.0 Å². The van der Waals surface area contributed by atoms with Crippen LogP contribution in [0.25, 0.3) is 0 Å². The summed E-state index contributed by atoms with van der Waals surface area (Å²) in [4.78, 5) is 23.2. The zero-order chi connectivity index (χ0) is 17.7. The summed E-state index contributed by atoms with van der Waals surface area (Å²) in [5, 5.41) is 11.6. The lowest BCUT2D eigenvalue weighted by Gasteiger charge is -2.12. The molecule has 2 rings (SSSR count). The molecule has 8 heteroatoms. The minimum atomic E-state index is -3.54. The predicted octanol–water partition coefficient (Wildman–Crippen LogP) is 1.36. The molecule has 0 spiro atoms. The number of hydrogen-bond donors (Lipinski definition) is 3. The van der Waals surface area contributed by atoms with Gasteiger partial charge < -0.3 is 10.4 Å². The number of benzene rings is 1. The summed E-state index contributed by atoms with van der Waals surface area (Å²) in [6, 6.07) is 5.61. The van der Waals surface area contributed by atoms with Crippen LogP contribution >= 0.6 is 0 Å². The van der Waals surface area contributed by atoms with Crippen molar-refractivity contribution < 1.29 is 23.1 Å². The third-order valence-electron chi connectivity index (χ3n) is 3.82. The summed E-state index contributed by atoms with van der Waals surface area (Å²) < 4.78 is 26.7. The quantitative estimate of drug-likeness (QED) is 0.620. The van der Waals surface area contributed by atoms with Crippen LogP contribution < -0.4 is 10.0 Å². The summed E-state index contributed by atoms with van der Waals surface area (Å²) in [5.41, 5.74) is 0.293. The van der Waals surface area contributed by atoms with Gasteiger partial charge in [0.15, 0.2) is 0 Å². The van der Waals surface area contributed by atoms with Crippen LogP contribution in [0.3, 0.4) is 0 Å². The van der Waals surface area contributed by atoms with Gasteiger partial charge in [0, 0.05) is 18.2 Å². The second-order valence-electron chi connectivity index (χ2n) is 5.95. The Kier molecular flexibility index (Phi) is 5.95. The molecule has 1 aliphatic carbocycles. The lowest BCUT2D eigenvalue weighted by atomic mass is 10.0. The first-order valence-corrected chi connectivity index (χ1v) is 9.45. The zero-order valence-electron chi connectivity index (χ0n) is 13.5. The number of nitrogens with one attached hydrogen (secondary N) is 2. The number of hydrogen-bond acceptors (Lipinski definition) is 4. The monoisotopic (exact) mass is 354 g/mol. The molecule has 1 aromatic rings. The highest BCUT2D eigenvalue weighted by Crippen LogP contribution is 2.22. The van der Waals surface area contributed by atoms with Crippen LogP contribution in [-0.2, 0) is 14.8 Å². The molecule has 1 atom stereocenters. The van der Waals surface area contributed by atoms with Gasteiger partial charge >= 0.3 is 5.97 Å². The SMILES string of the molecule is CCCC(CNC(=O)c1ccc(S(=O)(=O)NC2CC2)cc1)C(=O)O. The molecule has 0 bridgehead atoms. The Labute approximate surface area is 141 Å². The summed E-state index contributed by atoms with van der Waals surface area (Å²) in [5.74, 6) is -1.98. The molecule has 0 aromatic heterocycles. The second kappa shape index (κ2) is 7.76. The Hall–Kier alpha value is -1.93. The van der Waals surface area contributed by atoms with Crippen molar-refractivity contribution in [1.82, 2.24) is 10.0 Å². The molecule has 132 valence electrons. The van der Waals surface area contributed by atoms with Gasteiger partial charge in [-0.15, -0.1) is 0 Å². The van der Waals surface area contributed by atoms with Crippen molar-refractivity contribution in [2.45, 2.75) is 43.5 Å². The summed E-state index contributed by atoms with van der Waals surface area (Å²) >= 11 is 0. The highest BCUT2D eigenvalue weighted by atomic mass is 32.2. The van der Waals surface area contributed by atoms with E-state index in [4.69, 9.17) is 5.11 Å². The Morgan fingerprint density at radius 1 is 1.25 bits per heavy atom. The Morgan fingerprint density at radius 3 is 2.38 bits per heavy atom. The standard InChI is InChI=1S/C16H22N2O5S/c1-2-3-12(16(20)21)10-17-15(19)11-4-8-14(9-5-11)24(22,23)18-13-6-7-13/h4-5,8-9,12-13,18H,2-3,6-7,10H2,1H3,(H,17,19)(H,20,21). The first kappa shape index (κ1) is 18.4. The van der Waals surface area contributed by atoms with Crippen molar-refractivity contribution in [3.63, 3.8) is 0 Å². The van der Waals surface area contributed by atoms with E-state index in [0.717, 1.165) is 12.8 Å². The summed E-state index contributed by atoms with van der Waals surface area (Å²) in [7, 11) is -3.54. The van der Waals surface area contributed by atoms with Crippen LogP contribution in [0.1, 0.15) is 43.0 Å². The first-order valence-electron chi connectivity index (χ1n) is 7.97. The van der Waals surface area contributed by atoms with Crippen molar-refractivity contribution in [3.05, 3.63) is 29.8 Å². The molecule has 1 amide bonds. The van der Waals surface area contributed by atoms with Crippen molar-refractivity contribution in [1.29, 1.82) is 0 Å². The molecule has 1 aromatic carbocycles. The third kappa shape index (κ3) is 5.04. The molecular weight excluding hydrogens is 332 g/mol. The van der Waals surface area contributed by atoms with Gasteiger partial charge in [-0.1, -0.05) is 13.3 Å². The molecule has 1 saturated carbocycles. The van der Waals surface area contributed by atoms with E-state index < -0.39 is 27.8 Å². The molecule has 0 aliphatic heterocycles. The van der Waals surface area contributed by atoms with Gasteiger partial charge in [-0.2, -0.15) is 0 Å². The van der Waals surface area contributed by atoms with Crippen LogP contribution in [0.5, 0.6) is 0 Å². The van der Waals surface area contributed by atoms with Gasteiger partial charge in [0.2, 0.25) is 10.0 Å². The lowest BCUT2D eigenvalue weighted by Crippen LogP contribution is -2.33. The Balaban J connectivity index is 1.96. The third-order valence-corrected chi connectivity index (χ3v) is 5.36. The number of aliphatic carboxylic acids is 1. The number of amides is 1. The fraction of sp³-hybridized carbons (Fsp3) is 0.500. The Morgan fingerprint density at radius 2 is 1.88 bits per heavy atom. The van der Waals surface area contributed by atoms with Crippen molar-refractivity contribution in [2.75, 3.05) is 6.54 Å². The van der Waals surface area contributed by atoms with Gasteiger partial charge in [0.05, 0.1) is 10.8 Å². The number of rotatable bonds is 9. The van der Waals surface area contributed by atoms with E-state index in [1.54, 1.807) is 0 Å². The molecule has 0 saturated heterocycles. The van der Waals surface area contributed by atoms with Gasteiger partial charge in [-0.05, 0) is 43.5 Å². The maximum Gasteiger partial charge on any atom is 0.308 e. The van der Waals surface area contributed by atoms with Crippen molar-refractivity contribution in [3.8, 4) is 0 Å². The van der Waals surface area contributed by atoms with Gasteiger partial charge in [0.1, 0.15) is 0 Å². The number of carboxylic acids is 1. The van der Waals surface area contributed by atoms with Gasteiger partial charge in [-0.25, -0.2) is 13.1 Å². The molecule has 1 unspecified atom stereocenters. The minimum absolute atomic E-state index is 0.0180. The fourth-order valence-corrected chi connectivity index (χ4v) is 3.56. The van der Waals surface area contributed by atoms with E-state index in [0.29, 0.717) is 18.4 Å². The van der Waals surface area contributed by atoms with Crippen LogP contribution in [0.4, 0.5) is 0 Å². The van der Waals surface area contributed by atoms with Crippen molar-refractivity contribution >= 4 is 21.9 Å². The van der Waals surface area contributed by atoms with Crippen LogP contribution in [0, 0.1) is 5.92 Å². The topological polar surface area (TPSA) is 113 Å². The molecule has 24 heavy (non-hydrogen) atoms. The summed E-state index contributed by atoms with van der Waals surface area (Å²) in [6.07, 6.45) is 2.90. The Bertz CT molecular complexity index is 696. The molecule has 7 nitrogen and oxygen atoms in total. The number of carbonyl (C=O) groups is 2. The average molecular weight is 354 g/mol. The van der Waals surface area contributed by atoms with Crippen molar-refractivity contribution in [2.24, 2.45) is 5.92 Å². The lowest BCUT2D eigenvalue weighted by molar-refractivity contribution is -0.141. The van der Waals surface area contributed by atoms with E-state index in [2.05, 4.69) is 10.0 Å². The maximum absolute atomic E-state index is 12.1. The van der Waals surface area contributed by atoms with E-state index in [-0.39, 0.29) is 17.5 Å². The smallest absolute Gasteiger partial charge is 0.308 e. The zero-order valence-corrected chi connectivity index (χ0v) is 14.3. The number of sulfonamides is 1. The van der Waals surface area contributed by atoms with E-state index in [1.165, 1.54) is 24.3 Å². The molecule has 0 radical (unpaired) electrons. The van der Waals surface area contributed by atoms with E-state index in [1.807, 2.05) is 6.92 Å². The van der Waals surface area contributed by atoms with Gasteiger partial charge in [-0.3, -0.25) is 9.59 Å². The normalized spacial score (nSPS) is 15.7. The summed E-state index contributed by atoms with van der Waals surface area (Å²) in [6.45, 7) is 1.93. The largest absolute Gasteiger partial charge is 0.481 e. The van der Waals surface area contributed by atoms with Gasteiger partial charge in [0.25, 0.3) is 5.91 Å². The molecule has 0 heterocycles. The highest BCUT2D eigenvalue weighted by Gasteiger charge is 2.28. The second-order valence-corrected chi connectivity index (χ2v) is 7.67. The van der Waals surface area contributed by atoms with E-state index >= 15 is 0 Å². The fourth-order valence-electron chi connectivity index (χ4n) is 2.25. The molecule has 1 fully saturated rings. The average Bonchev–Trinajstić information content (AvgIpc) is 3.34. The molecule has 1 aliphatic rings. The maximum atomic E-state index is 12.1. The van der Waals surface area contributed by atoms with Crippen LogP contribution in [0.2, 0.25) is 0 Å². The first-order chi connectivity index (χ1) is 11.3. The van der Waals surface area contributed by atoms with Crippen LogP contribution in [0.15, 0.2) is 29.2 Å².